The number of benzene rings is 6. The number of hydrogen-bond donors (Lipinski definition) is 2. The lowest BCUT2D eigenvalue weighted by Crippen LogP contribution is -1.98. The number of aromatic amines is 2. The topological polar surface area (TPSA) is 57.4 Å². The van der Waals surface area contributed by atoms with Crippen LogP contribution >= 0.6 is 11.3 Å². The molecule has 0 aliphatic rings. The Balaban J connectivity index is 1.17. The Morgan fingerprint density at radius 3 is 1.10 bits per heavy atom. The molecule has 0 spiro atoms. The van der Waals surface area contributed by atoms with E-state index < -0.39 is 0 Å². The molecule has 0 unspecified atom stereocenters. The molecule has 246 valence electrons. The zero-order valence-corrected chi connectivity index (χ0v) is 29.0. The third-order valence-corrected chi connectivity index (χ3v) is 10.9. The van der Waals surface area contributed by atoms with E-state index in [1.165, 1.54) is 44.5 Å². The molecule has 51 heavy (non-hydrogen) atoms. The van der Waals surface area contributed by atoms with Crippen LogP contribution in [0.4, 0.5) is 0 Å². The molecule has 0 radical (unpaired) electrons. The summed E-state index contributed by atoms with van der Waals surface area (Å²) in [6.45, 7) is 0. The van der Waals surface area contributed by atoms with Crippen molar-refractivity contribution >= 4 is 33.4 Å². The summed E-state index contributed by atoms with van der Waals surface area (Å²) >= 11 is 1.79. The smallest absolute Gasteiger partial charge is 0.148 e. The van der Waals surface area contributed by atoms with Gasteiger partial charge in [0.15, 0.2) is 0 Å². The first kappa shape index (κ1) is 31.0. The summed E-state index contributed by atoms with van der Waals surface area (Å²) in [5.74, 6) is 1.80. The van der Waals surface area contributed by atoms with E-state index in [9.17, 15) is 0 Å². The van der Waals surface area contributed by atoms with E-state index in [1.807, 2.05) is 0 Å². The fourth-order valence-electron chi connectivity index (χ4n) is 7.07. The molecule has 9 rings (SSSR count). The average molecular weight is 677 g/mol. The summed E-state index contributed by atoms with van der Waals surface area (Å²) < 4.78 is 0. The van der Waals surface area contributed by atoms with Crippen molar-refractivity contribution in [3.63, 3.8) is 0 Å². The second kappa shape index (κ2) is 13.7. The van der Waals surface area contributed by atoms with Gasteiger partial charge in [0, 0.05) is 0 Å². The van der Waals surface area contributed by atoms with Crippen LogP contribution in [0.3, 0.4) is 0 Å². The summed E-state index contributed by atoms with van der Waals surface area (Å²) in [4.78, 5) is 20.2. The fraction of sp³-hybridized carbons (Fsp3) is 0.0870. The van der Waals surface area contributed by atoms with Crippen LogP contribution in [0.25, 0.3) is 43.5 Å². The first-order valence-electron chi connectivity index (χ1n) is 17.5. The van der Waals surface area contributed by atoms with Crippen molar-refractivity contribution in [2.75, 3.05) is 0 Å². The van der Waals surface area contributed by atoms with Crippen molar-refractivity contribution in [1.29, 1.82) is 0 Å². The van der Waals surface area contributed by atoms with Gasteiger partial charge in [0.1, 0.15) is 11.6 Å². The van der Waals surface area contributed by atoms with E-state index in [2.05, 4.69) is 168 Å². The van der Waals surface area contributed by atoms with Crippen LogP contribution in [0.2, 0.25) is 0 Å². The number of H-pyrrole nitrogens is 2. The third kappa shape index (κ3) is 6.64. The normalized spacial score (nSPS) is 11.5. The monoisotopic (exact) mass is 676 g/mol. The minimum Gasteiger partial charge on any atom is -0.337 e. The zero-order chi connectivity index (χ0) is 34.0. The molecule has 9 aromatic rings. The van der Waals surface area contributed by atoms with E-state index in [-0.39, 0.29) is 0 Å². The van der Waals surface area contributed by atoms with Crippen molar-refractivity contribution in [1.82, 2.24) is 19.9 Å². The Labute approximate surface area is 301 Å². The van der Waals surface area contributed by atoms with Gasteiger partial charge in [-0.05, 0) is 94.5 Å². The van der Waals surface area contributed by atoms with Gasteiger partial charge in [-0.3, -0.25) is 0 Å². The van der Waals surface area contributed by atoms with Crippen molar-refractivity contribution in [2.24, 2.45) is 0 Å². The predicted octanol–water partition coefficient (Wildman–Crippen LogP) is 11.2. The third-order valence-electron chi connectivity index (χ3n) is 9.59. The van der Waals surface area contributed by atoms with Gasteiger partial charge in [0.05, 0.1) is 31.8 Å². The molecular formula is C46H36N4S. The van der Waals surface area contributed by atoms with Gasteiger partial charge in [0.25, 0.3) is 0 Å². The minimum absolute atomic E-state index is 0.798. The van der Waals surface area contributed by atoms with Crippen molar-refractivity contribution in [3.8, 4) is 21.4 Å². The Morgan fingerprint density at radius 1 is 0.373 bits per heavy atom. The second-order valence-corrected chi connectivity index (χ2v) is 14.3. The molecule has 0 fully saturated rings. The number of imidazole rings is 2. The molecule has 3 aromatic heterocycles. The Morgan fingerprint density at radius 2 is 0.725 bits per heavy atom. The first-order chi connectivity index (χ1) is 25.2. The summed E-state index contributed by atoms with van der Waals surface area (Å²) in [6, 6.07) is 56.0. The van der Waals surface area contributed by atoms with E-state index in [0.29, 0.717) is 0 Å². The maximum absolute atomic E-state index is 5.21. The minimum atomic E-state index is 0.798. The molecule has 0 saturated heterocycles. The zero-order valence-electron chi connectivity index (χ0n) is 28.1. The van der Waals surface area contributed by atoms with E-state index >= 15 is 0 Å². The predicted molar refractivity (Wildman–Crippen MR) is 211 cm³/mol. The Kier molecular flexibility index (Phi) is 8.32. The number of thiophene rings is 1. The van der Waals surface area contributed by atoms with Crippen LogP contribution in [-0.2, 0) is 25.7 Å². The van der Waals surface area contributed by atoms with Gasteiger partial charge < -0.3 is 9.97 Å². The van der Waals surface area contributed by atoms with Crippen molar-refractivity contribution in [2.45, 2.75) is 25.7 Å². The van der Waals surface area contributed by atoms with Gasteiger partial charge in [-0.25, -0.2) is 9.97 Å². The van der Waals surface area contributed by atoms with E-state index in [1.54, 1.807) is 11.3 Å². The van der Waals surface area contributed by atoms with Crippen LogP contribution in [0, 0.1) is 0 Å². The molecule has 3 heterocycles. The molecule has 0 aliphatic carbocycles. The van der Waals surface area contributed by atoms with Gasteiger partial charge in [-0.15, -0.1) is 11.3 Å². The number of fused-ring (bicyclic) bond motifs is 2. The Bertz CT molecular complexity index is 2390. The first-order valence-corrected chi connectivity index (χ1v) is 18.3. The van der Waals surface area contributed by atoms with Crippen molar-refractivity contribution < 1.29 is 0 Å². The molecule has 0 amide bonds. The maximum Gasteiger partial charge on any atom is 0.148 e. The highest BCUT2D eigenvalue weighted by Crippen LogP contribution is 2.44. The number of rotatable bonds is 10. The SMILES string of the molecule is c1ccc(Cc2ccc3nc(-c4sc(-c5nc6ccc(Cc7ccccc7)cc6[nH]5)c(Cc5ccccc5)c4Cc4ccccc4)[nH]c3c2)cc1. The lowest BCUT2D eigenvalue weighted by molar-refractivity contribution is 1.10. The van der Waals surface area contributed by atoms with Crippen LogP contribution in [-0.4, -0.2) is 19.9 Å². The van der Waals surface area contributed by atoms with Crippen LogP contribution in [0.1, 0.15) is 44.5 Å². The molecule has 6 aromatic carbocycles. The Hall–Kier alpha value is -6.04. The summed E-state index contributed by atoms with van der Waals surface area (Å²) in [5, 5.41) is 0. The number of nitrogens with one attached hydrogen (secondary N) is 2. The van der Waals surface area contributed by atoms with E-state index in [4.69, 9.17) is 9.97 Å². The van der Waals surface area contributed by atoms with Gasteiger partial charge >= 0.3 is 0 Å². The van der Waals surface area contributed by atoms with E-state index in [0.717, 1.165) is 69.2 Å². The second-order valence-electron chi connectivity index (χ2n) is 13.2. The summed E-state index contributed by atoms with van der Waals surface area (Å²) in [6.07, 6.45) is 3.36. The highest BCUT2D eigenvalue weighted by Gasteiger charge is 2.25. The molecule has 0 saturated carbocycles. The maximum atomic E-state index is 5.21. The van der Waals surface area contributed by atoms with Gasteiger partial charge in [-0.1, -0.05) is 133 Å². The highest BCUT2D eigenvalue weighted by atomic mass is 32.1. The largest absolute Gasteiger partial charge is 0.337 e. The highest BCUT2D eigenvalue weighted by molar-refractivity contribution is 7.19. The molecule has 0 bridgehead atoms. The lowest BCUT2D eigenvalue weighted by atomic mass is 9.95. The molecule has 2 N–H and O–H groups in total. The van der Waals surface area contributed by atoms with Crippen molar-refractivity contribution in [3.05, 3.63) is 202 Å². The van der Waals surface area contributed by atoms with Gasteiger partial charge in [0.2, 0.25) is 0 Å². The average Bonchev–Trinajstić information content (AvgIpc) is 3.88. The van der Waals surface area contributed by atoms with Crippen LogP contribution < -0.4 is 0 Å². The number of nitrogens with zero attached hydrogens (tertiary/aromatic N) is 2. The molecule has 0 atom stereocenters. The summed E-state index contributed by atoms with van der Waals surface area (Å²) in [7, 11) is 0. The quantitative estimate of drug-likeness (QED) is 0.151. The van der Waals surface area contributed by atoms with Gasteiger partial charge in [-0.2, -0.15) is 0 Å². The standard InChI is InChI=1S/C46H36N4S/c1-5-13-31(14-6-1)25-35-21-23-39-41(29-35)49-45(47-39)43-37(27-33-17-9-3-10-18-33)38(28-34-19-11-4-12-20-34)44(51-43)46-48-40-24-22-36(30-42(40)50-46)26-32-15-7-2-8-16-32/h1-24,29-30H,25-28H2,(H,47,49)(H,48,50). The molecule has 4 nitrogen and oxygen atoms in total. The number of aromatic nitrogens is 4. The molecule has 0 aliphatic heterocycles. The van der Waals surface area contributed by atoms with Crippen LogP contribution in [0.5, 0.6) is 0 Å². The fourth-order valence-corrected chi connectivity index (χ4v) is 8.30. The summed E-state index contributed by atoms with van der Waals surface area (Å²) in [5.41, 5.74) is 14.3. The van der Waals surface area contributed by atoms with Crippen LogP contribution in [0.15, 0.2) is 158 Å². The number of hydrogen-bond acceptors (Lipinski definition) is 3. The lowest BCUT2D eigenvalue weighted by Gasteiger charge is -2.09. The molecule has 5 heteroatoms. The molecular weight excluding hydrogens is 641 g/mol.